The summed E-state index contributed by atoms with van der Waals surface area (Å²) in [5.41, 5.74) is 0.947. The molecule has 30 heavy (non-hydrogen) atoms. The first-order valence-corrected chi connectivity index (χ1v) is 9.39. The number of hydrogen-bond donors (Lipinski definition) is 1. The Morgan fingerprint density at radius 2 is 1.90 bits per heavy atom. The molecule has 0 aliphatic carbocycles. The van der Waals surface area contributed by atoms with Crippen molar-refractivity contribution in [3.8, 4) is 11.5 Å². The van der Waals surface area contributed by atoms with Crippen LogP contribution in [0.5, 0.6) is 11.5 Å². The molecule has 0 aliphatic heterocycles. The Morgan fingerprint density at radius 1 is 1.17 bits per heavy atom. The lowest BCUT2D eigenvalue weighted by Gasteiger charge is -2.15. The summed E-state index contributed by atoms with van der Waals surface area (Å²) in [6.45, 7) is 3.84. The number of hydrogen-bond acceptors (Lipinski definition) is 7. The number of carbonyl (C=O) groups is 2. The maximum Gasteiger partial charge on any atom is 0.306 e. The average Bonchev–Trinajstić information content (AvgIpc) is 2.73. The second kappa shape index (κ2) is 10.8. The van der Waals surface area contributed by atoms with E-state index in [1.807, 2.05) is 31.2 Å². The van der Waals surface area contributed by atoms with Crippen LogP contribution in [0.1, 0.15) is 25.8 Å². The first-order valence-electron chi connectivity index (χ1n) is 9.39. The molecule has 0 heterocycles. The van der Waals surface area contributed by atoms with Gasteiger partial charge in [0, 0.05) is 12.5 Å². The van der Waals surface area contributed by atoms with E-state index in [0.717, 1.165) is 5.56 Å². The molecule has 0 bridgehead atoms. The third kappa shape index (κ3) is 6.20. The van der Waals surface area contributed by atoms with E-state index >= 15 is 0 Å². The molecule has 2 aromatic carbocycles. The number of nitrogens with zero attached hydrogens (tertiary/aromatic N) is 1. The second-order valence-electron chi connectivity index (χ2n) is 6.30. The molecule has 1 amide bonds. The van der Waals surface area contributed by atoms with Gasteiger partial charge in [-0.2, -0.15) is 0 Å². The van der Waals surface area contributed by atoms with E-state index in [9.17, 15) is 19.7 Å². The summed E-state index contributed by atoms with van der Waals surface area (Å²) in [6, 6.07) is 11.2. The van der Waals surface area contributed by atoms with Crippen molar-refractivity contribution in [3.63, 3.8) is 0 Å². The normalized spacial score (nSPS) is 11.3. The van der Waals surface area contributed by atoms with Gasteiger partial charge in [-0.3, -0.25) is 19.7 Å². The number of rotatable bonds is 10. The Kier molecular flexibility index (Phi) is 8.16. The number of amides is 1. The highest BCUT2D eigenvalue weighted by Gasteiger charge is 2.20. The quantitative estimate of drug-likeness (QED) is 0.358. The SMILES string of the molecule is CCOc1ccccc1CCC(=O)O[C@@H](C)C(=O)Nc1ccc([N+](=O)[O-])cc1OC. The van der Waals surface area contributed by atoms with Crippen molar-refractivity contribution in [2.24, 2.45) is 0 Å². The van der Waals surface area contributed by atoms with Gasteiger partial charge < -0.3 is 19.5 Å². The molecule has 9 nitrogen and oxygen atoms in total. The van der Waals surface area contributed by atoms with Crippen LogP contribution in [-0.2, 0) is 20.7 Å². The van der Waals surface area contributed by atoms with Gasteiger partial charge in [-0.15, -0.1) is 0 Å². The van der Waals surface area contributed by atoms with Crippen LogP contribution in [0.2, 0.25) is 0 Å². The lowest BCUT2D eigenvalue weighted by molar-refractivity contribution is -0.384. The van der Waals surface area contributed by atoms with Crippen molar-refractivity contribution in [3.05, 3.63) is 58.1 Å². The third-order valence-corrected chi connectivity index (χ3v) is 4.20. The van der Waals surface area contributed by atoms with Crippen molar-refractivity contribution in [2.75, 3.05) is 19.0 Å². The van der Waals surface area contributed by atoms with Crippen LogP contribution in [0.15, 0.2) is 42.5 Å². The largest absolute Gasteiger partial charge is 0.494 e. The number of carbonyl (C=O) groups excluding carboxylic acids is 2. The lowest BCUT2D eigenvalue weighted by Crippen LogP contribution is -2.30. The molecular weight excluding hydrogens is 392 g/mol. The van der Waals surface area contributed by atoms with Crippen molar-refractivity contribution >= 4 is 23.3 Å². The number of nitro groups is 1. The molecule has 0 aromatic heterocycles. The highest BCUT2D eigenvalue weighted by Crippen LogP contribution is 2.29. The first-order chi connectivity index (χ1) is 14.3. The molecule has 0 radical (unpaired) electrons. The minimum atomic E-state index is -1.06. The number of methoxy groups -OCH3 is 1. The van der Waals surface area contributed by atoms with Gasteiger partial charge in [-0.1, -0.05) is 18.2 Å². The Balaban J connectivity index is 1.93. The van der Waals surface area contributed by atoms with E-state index in [0.29, 0.717) is 18.8 Å². The topological polar surface area (TPSA) is 117 Å². The van der Waals surface area contributed by atoms with Gasteiger partial charge in [-0.25, -0.2) is 0 Å². The van der Waals surface area contributed by atoms with Gasteiger partial charge in [0.1, 0.15) is 11.5 Å². The number of benzene rings is 2. The molecule has 1 N–H and O–H groups in total. The molecule has 2 rings (SSSR count). The van der Waals surface area contributed by atoms with E-state index in [1.54, 1.807) is 0 Å². The van der Waals surface area contributed by atoms with Crippen molar-refractivity contribution in [1.82, 2.24) is 0 Å². The van der Waals surface area contributed by atoms with Gasteiger partial charge in [-0.05, 0) is 38.0 Å². The van der Waals surface area contributed by atoms with Crippen LogP contribution in [0.25, 0.3) is 0 Å². The van der Waals surface area contributed by atoms with Crippen molar-refractivity contribution in [1.29, 1.82) is 0 Å². The zero-order chi connectivity index (χ0) is 22.1. The van der Waals surface area contributed by atoms with E-state index in [2.05, 4.69) is 5.32 Å². The van der Waals surface area contributed by atoms with Gasteiger partial charge >= 0.3 is 5.97 Å². The number of esters is 1. The third-order valence-electron chi connectivity index (χ3n) is 4.20. The molecule has 0 aliphatic rings. The molecule has 160 valence electrons. The van der Waals surface area contributed by atoms with Crippen LogP contribution >= 0.6 is 0 Å². The highest BCUT2D eigenvalue weighted by atomic mass is 16.6. The highest BCUT2D eigenvalue weighted by molar-refractivity contribution is 5.96. The van der Waals surface area contributed by atoms with Crippen LogP contribution in [0.3, 0.4) is 0 Å². The number of ether oxygens (including phenoxy) is 3. The van der Waals surface area contributed by atoms with Crippen LogP contribution in [0, 0.1) is 10.1 Å². The molecule has 2 aromatic rings. The van der Waals surface area contributed by atoms with Gasteiger partial charge in [0.05, 0.1) is 30.4 Å². The summed E-state index contributed by atoms with van der Waals surface area (Å²) in [6.07, 6.45) is -0.554. The molecule has 0 fully saturated rings. The maximum atomic E-state index is 12.4. The summed E-state index contributed by atoms with van der Waals surface area (Å²) in [5.74, 6) is -0.266. The zero-order valence-corrected chi connectivity index (χ0v) is 17.0. The van der Waals surface area contributed by atoms with E-state index < -0.39 is 22.9 Å². The summed E-state index contributed by atoms with van der Waals surface area (Å²) in [5, 5.41) is 13.4. The van der Waals surface area contributed by atoms with E-state index in [4.69, 9.17) is 14.2 Å². The second-order valence-corrected chi connectivity index (χ2v) is 6.30. The number of nitro benzene ring substituents is 1. The monoisotopic (exact) mass is 416 g/mol. The van der Waals surface area contributed by atoms with Crippen LogP contribution < -0.4 is 14.8 Å². The average molecular weight is 416 g/mol. The van der Waals surface area contributed by atoms with Crippen LogP contribution in [-0.4, -0.2) is 36.6 Å². The molecule has 1 atom stereocenters. The predicted octanol–water partition coefficient (Wildman–Crippen LogP) is 3.51. The fraction of sp³-hybridized carbons (Fsp3) is 0.333. The molecule has 9 heteroatoms. The van der Waals surface area contributed by atoms with Gasteiger partial charge in [0.15, 0.2) is 6.10 Å². The van der Waals surface area contributed by atoms with Crippen molar-refractivity contribution in [2.45, 2.75) is 32.8 Å². The van der Waals surface area contributed by atoms with Crippen LogP contribution in [0.4, 0.5) is 11.4 Å². The molecule has 0 unspecified atom stereocenters. The molecule has 0 saturated carbocycles. The molecule has 0 saturated heterocycles. The fourth-order valence-electron chi connectivity index (χ4n) is 2.68. The first kappa shape index (κ1) is 22.7. The number of para-hydroxylation sites is 1. The molecule has 0 spiro atoms. The number of anilines is 1. The van der Waals surface area contributed by atoms with E-state index in [-0.39, 0.29) is 23.5 Å². The lowest BCUT2D eigenvalue weighted by atomic mass is 10.1. The number of nitrogens with one attached hydrogen (secondary N) is 1. The number of non-ortho nitro benzene ring substituents is 1. The summed E-state index contributed by atoms with van der Waals surface area (Å²) < 4.78 is 15.8. The Labute approximate surface area is 174 Å². The Morgan fingerprint density at radius 3 is 2.57 bits per heavy atom. The van der Waals surface area contributed by atoms with Gasteiger partial charge in [0.25, 0.3) is 11.6 Å². The maximum absolute atomic E-state index is 12.4. The van der Waals surface area contributed by atoms with Gasteiger partial charge in [0.2, 0.25) is 0 Å². The summed E-state index contributed by atoms with van der Waals surface area (Å²) in [7, 11) is 1.33. The Hall–Kier alpha value is -3.62. The minimum Gasteiger partial charge on any atom is -0.494 e. The smallest absolute Gasteiger partial charge is 0.306 e. The molecular formula is C21H24N2O7. The standard InChI is InChI=1S/C21H24N2O7/c1-4-29-18-8-6-5-7-15(18)9-12-20(24)30-14(2)21(25)22-17-11-10-16(23(26)27)13-19(17)28-3/h5-8,10-11,13-14H,4,9,12H2,1-3H3,(H,22,25)/t14-/m0/s1. The zero-order valence-electron chi connectivity index (χ0n) is 17.0. The summed E-state index contributed by atoms with van der Waals surface area (Å²) in [4.78, 5) is 34.8. The van der Waals surface area contributed by atoms with Crippen molar-refractivity contribution < 1.29 is 28.7 Å². The summed E-state index contributed by atoms with van der Waals surface area (Å²) >= 11 is 0. The Bertz CT molecular complexity index is 914. The predicted molar refractivity (Wildman–Crippen MR) is 110 cm³/mol. The van der Waals surface area contributed by atoms with E-state index in [1.165, 1.54) is 32.2 Å². The minimum absolute atomic E-state index is 0.0859. The fourth-order valence-corrected chi connectivity index (χ4v) is 2.68. The number of aryl methyl sites for hydroxylation is 1.